The monoisotopic (exact) mass is 682 g/mol. The first-order valence-corrected chi connectivity index (χ1v) is 17.2. The molecule has 4 N–H and O–H groups in total. The van der Waals surface area contributed by atoms with Crippen LogP contribution in [-0.2, 0) is 23.9 Å². The molecule has 15 heteroatoms. The molecule has 0 bridgehead atoms. The molecule has 1 aliphatic rings. The van der Waals surface area contributed by atoms with Crippen LogP contribution in [0.15, 0.2) is 5.38 Å². The van der Waals surface area contributed by atoms with Crippen molar-refractivity contribution in [2.24, 2.45) is 11.8 Å². The van der Waals surface area contributed by atoms with E-state index < -0.39 is 53.8 Å². The lowest BCUT2D eigenvalue weighted by molar-refractivity contribution is -0.145. The lowest BCUT2D eigenvalue weighted by atomic mass is 9.91. The van der Waals surface area contributed by atoms with E-state index in [0.717, 1.165) is 31.4 Å². The normalized spacial score (nSPS) is 20.3. The average molecular weight is 683 g/mol. The Balaban J connectivity index is 2.37. The zero-order chi connectivity index (χ0) is 35.6. The van der Waals surface area contributed by atoms with Gasteiger partial charge in [0.2, 0.25) is 11.8 Å². The van der Waals surface area contributed by atoms with E-state index in [0.29, 0.717) is 24.4 Å². The van der Waals surface area contributed by atoms with Crippen molar-refractivity contribution in [1.29, 1.82) is 0 Å². The number of nitrogens with one attached hydrogen (secondary N) is 3. The van der Waals surface area contributed by atoms with Gasteiger partial charge >= 0.3 is 12.1 Å². The van der Waals surface area contributed by atoms with Crippen LogP contribution in [0.1, 0.15) is 95.7 Å². The number of carbonyl (C=O) groups excluding carboxylic acids is 5. The summed E-state index contributed by atoms with van der Waals surface area (Å²) in [7, 11) is 4.75. The molecular formula is C32H54N6O8S. The number of likely N-dealkylation sites (tertiary alicyclic amines) is 1. The van der Waals surface area contributed by atoms with Gasteiger partial charge in [0.25, 0.3) is 5.91 Å². The summed E-state index contributed by atoms with van der Waals surface area (Å²) in [4.78, 5) is 73.4. The zero-order valence-corrected chi connectivity index (χ0v) is 30.2. The fourth-order valence-electron chi connectivity index (χ4n) is 5.62. The lowest BCUT2D eigenvalue weighted by Gasteiger charge is -2.38. The van der Waals surface area contributed by atoms with Crippen molar-refractivity contribution in [1.82, 2.24) is 30.7 Å². The van der Waals surface area contributed by atoms with E-state index in [-0.39, 0.29) is 35.8 Å². The van der Waals surface area contributed by atoms with Crippen LogP contribution in [0.5, 0.6) is 0 Å². The van der Waals surface area contributed by atoms with Crippen LogP contribution in [0.3, 0.4) is 0 Å². The molecule has 0 aliphatic carbocycles. The molecule has 1 aromatic rings. The molecule has 1 fully saturated rings. The maximum absolute atomic E-state index is 14.2. The summed E-state index contributed by atoms with van der Waals surface area (Å²) >= 11 is 1.09. The Morgan fingerprint density at radius 3 is 2.30 bits per heavy atom. The first-order valence-electron chi connectivity index (χ1n) is 16.3. The number of hydrogen-bond acceptors (Lipinski definition) is 11. The molecule has 47 heavy (non-hydrogen) atoms. The highest BCUT2D eigenvalue weighted by Crippen LogP contribution is 2.32. The Morgan fingerprint density at radius 2 is 1.79 bits per heavy atom. The van der Waals surface area contributed by atoms with E-state index in [4.69, 9.17) is 4.74 Å². The number of methoxy groups -OCH3 is 1. The van der Waals surface area contributed by atoms with Gasteiger partial charge in [-0.05, 0) is 59.0 Å². The van der Waals surface area contributed by atoms with Crippen molar-refractivity contribution in [2.75, 3.05) is 34.3 Å². The number of rotatable bonds is 16. The standard InChI is InChI=1S/C32H54N6O8S/c1-11-19(5)24(36-30(43)32(7)14-13-15-37(32)8)28(41)38(9)22(18(3)4)16-23(46-31(44)33-12-2)27-34-21(17-47-27)26(40)35-25(20(6)39)29(42)45-10/h17-20,22-25,39H,11-16H2,1-10H3,(H,33,44)(H,35,40)(H,36,43)/t19-,20?,22?,23+,24-,25-,32+/m0/s1. The minimum atomic E-state index is -1.30. The molecule has 0 spiro atoms. The highest BCUT2D eigenvalue weighted by molar-refractivity contribution is 7.09. The minimum absolute atomic E-state index is 0.0421. The number of aliphatic hydroxyl groups is 1. The number of ether oxygens (including phenoxy) is 2. The summed E-state index contributed by atoms with van der Waals surface area (Å²) in [6, 6.07) is -2.52. The number of hydrogen-bond donors (Lipinski definition) is 4. The summed E-state index contributed by atoms with van der Waals surface area (Å²) < 4.78 is 10.5. The van der Waals surface area contributed by atoms with Crippen LogP contribution in [0, 0.1) is 11.8 Å². The van der Waals surface area contributed by atoms with E-state index in [1.165, 1.54) is 12.3 Å². The maximum Gasteiger partial charge on any atom is 0.407 e. The molecule has 1 aromatic heterocycles. The topological polar surface area (TPSA) is 179 Å². The van der Waals surface area contributed by atoms with Crippen LogP contribution in [-0.4, -0.2) is 114 Å². The van der Waals surface area contributed by atoms with Crippen LogP contribution >= 0.6 is 11.3 Å². The second-order valence-corrected chi connectivity index (χ2v) is 13.7. The van der Waals surface area contributed by atoms with Crippen LogP contribution in [0.2, 0.25) is 0 Å². The minimum Gasteiger partial charge on any atom is -0.467 e. The van der Waals surface area contributed by atoms with Gasteiger partial charge in [-0.3, -0.25) is 19.3 Å². The van der Waals surface area contributed by atoms with Gasteiger partial charge in [-0.15, -0.1) is 11.3 Å². The Labute approximate surface area is 282 Å². The number of alkyl carbamates (subject to hydrolysis) is 1. The number of aliphatic hydroxyl groups excluding tert-OH is 1. The zero-order valence-electron chi connectivity index (χ0n) is 29.4. The van der Waals surface area contributed by atoms with Crippen molar-refractivity contribution in [2.45, 2.75) is 110 Å². The first kappa shape index (κ1) is 39.9. The molecule has 4 amide bonds. The molecule has 1 saturated heterocycles. The van der Waals surface area contributed by atoms with Gasteiger partial charge in [-0.2, -0.15) is 0 Å². The fourth-order valence-corrected chi connectivity index (χ4v) is 6.46. The average Bonchev–Trinajstić information content (AvgIpc) is 3.66. The van der Waals surface area contributed by atoms with Gasteiger partial charge in [0.15, 0.2) is 12.1 Å². The SMILES string of the molecule is CCNC(=O)O[C@H](CC(C(C)C)N(C)C(=O)[C@@H](NC(=O)[C@@]1(C)CCCN1C)[C@@H](C)CC)c1nc(C(=O)N[C@H](C(=O)OC)C(C)O)cs1. The van der Waals surface area contributed by atoms with Crippen LogP contribution in [0.25, 0.3) is 0 Å². The molecule has 2 unspecified atom stereocenters. The smallest absolute Gasteiger partial charge is 0.407 e. The third-order valence-corrected chi connectivity index (χ3v) is 10.1. The first-order chi connectivity index (χ1) is 22.0. The Morgan fingerprint density at radius 1 is 1.13 bits per heavy atom. The lowest BCUT2D eigenvalue weighted by Crippen LogP contribution is -2.60. The van der Waals surface area contributed by atoms with E-state index >= 15 is 0 Å². The number of nitrogens with zero attached hydrogens (tertiary/aromatic N) is 3. The van der Waals surface area contributed by atoms with Crippen molar-refractivity contribution in [3.8, 4) is 0 Å². The maximum atomic E-state index is 14.2. The van der Waals surface area contributed by atoms with Gasteiger partial charge in [0, 0.05) is 31.4 Å². The summed E-state index contributed by atoms with van der Waals surface area (Å²) in [6.45, 7) is 13.9. The number of thiazole rings is 1. The highest BCUT2D eigenvalue weighted by atomic mass is 32.1. The Kier molecular flexibility index (Phi) is 15.0. The number of esters is 1. The second kappa shape index (κ2) is 17.7. The van der Waals surface area contributed by atoms with E-state index in [1.807, 2.05) is 46.6 Å². The molecule has 0 radical (unpaired) electrons. The summed E-state index contributed by atoms with van der Waals surface area (Å²) in [5.74, 6) is -2.20. The van der Waals surface area contributed by atoms with Crippen molar-refractivity contribution in [3.05, 3.63) is 16.1 Å². The number of likely N-dealkylation sites (N-methyl/N-ethyl adjacent to an activating group) is 2. The van der Waals surface area contributed by atoms with Gasteiger partial charge in [-0.25, -0.2) is 14.6 Å². The van der Waals surface area contributed by atoms with Crippen molar-refractivity contribution < 1.29 is 38.6 Å². The number of aromatic nitrogens is 1. The van der Waals surface area contributed by atoms with Gasteiger partial charge < -0.3 is 35.4 Å². The van der Waals surface area contributed by atoms with E-state index in [1.54, 1.807) is 18.9 Å². The Hall–Kier alpha value is -3.30. The molecular weight excluding hydrogens is 628 g/mol. The molecule has 1 aliphatic heterocycles. The van der Waals surface area contributed by atoms with E-state index in [9.17, 15) is 29.1 Å². The summed E-state index contributed by atoms with van der Waals surface area (Å²) in [5, 5.41) is 19.8. The molecule has 0 saturated carbocycles. The van der Waals surface area contributed by atoms with Gasteiger partial charge in [-0.1, -0.05) is 34.1 Å². The quantitative estimate of drug-likeness (QED) is 0.189. The fraction of sp³-hybridized carbons (Fsp3) is 0.750. The van der Waals surface area contributed by atoms with Crippen LogP contribution in [0.4, 0.5) is 4.79 Å². The molecule has 0 aromatic carbocycles. The third-order valence-electron chi connectivity index (χ3n) is 9.15. The molecule has 266 valence electrons. The predicted octanol–water partition coefficient (Wildman–Crippen LogP) is 2.47. The Bertz CT molecular complexity index is 1240. The van der Waals surface area contributed by atoms with Crippen molar-refractivity contribution >= 4 is 41.1 Å². The largest absolute Gasteiger partial charge is 0.467 e. The third kappa shape index (κ3) is 10.1. The van der Waals surface area contributed by atoms with Crippen molar-refractivity contribution in [3.63, 3.8) is 0 Å². The number of amides is 4. The predicted molar refractivity (Wildman–Crippen MR) is 178 cm³/mol. The summed E-state index contributed by atoms with van der Waals surface area (Å²) in [6.07, 6.45) is -0.411. The van der Waals surface area contributed by atoms with Gasteiger partial charge in [0.1, 0.15) is 16.7 Å². The van der Waals surface area contributed by atoms with Crippen LogP contribution < -0.4 is 16.0 Å². The van der Waals surface area contributed by atoms with Gasteiger partial charge in [0.05, 0.1) is 18.8 Å². The molecule has 2 heterocycles. The number of carbonyl (C=O) groups is 5. The molecule has 14 nitrogen and oxygen atoms in total. The summed E-state index contributed by atoms with van der Waals surface area (Å²) in [5.41, 5.74) is -0.742. The highest BCUT2D eigenvalue weighted by Gasteiger charge is 2.44. The molecule has 2 rings (SSSR count). The molecule has 7 atom stereocenters. The van der Waals surface area contributed by atoms with E-state index in [2.05, 4.69) is 25.7 Å². The second-order valence-electron chi connectivity index (χ2n) is 12.8.